The number of carbonyl (C=O) groups is 4. The first kappa shape index (κ1) is 50.8. The number of carboxylic acids is 2. The van der Waals surface area contributed by atoms with E-state index >= 15 is 0 Å². The molecule has 4 aliphatic rings. The summed E-state index contributed by atoms with van der Waals surface area (Å²) in [5, 5.41) is 58.5. The van der Waals surface area contributed by atoms with Crippen LogP contribution in [0.4, 0.5) is 0 Å². The first-order valence-electron chi connectivity index (χ1n) is 20.2. The Morgan fingerprint density at radius 1 is 0.656 bits per heavy atom. The number of imidazole rings is 2. The number of hydrogen-bond donors (Lipinski definition) is 8. The summed E-state index contributed by atoms with van der Waals surface area (Å²) in [7, 11) is 0. The number of amides is 2. The summed E-state index contributed by atoms with van der Waals surface area (Å²) < 4.78 is 25.3. The maximum Gasteiger partial charge on any atom is 1.00 e. The van der Waals surface area contributed by atoms with Crippen LogP contribution in [0.3, 0.4) is 0 Å². The number of fused-ring (bicyclic) bond motifs is 2. The zero-order valence-electron chi connectivity index (χ0n) is 35.6. The summed E-state index contributed by atoms with van der Waals surface area (Å²) in [4.78, 5) is 60.1. The molecule has 2 aromatic heterocycles. The number of hydrogen-bond acceptors (Lipinski definition) is 16. The molecular weight excluding hydrogens is 860 g/mol. The third-order valence-electron chi connectivity index (χ3n) is 10.8. The van der Waals surface area contributed by atoms with Crippen molar-refractivity contribution in [2.24, 2.45) is 11.5 Å². The number of benzene rings is 2. The van der Waals surface area contributed by atoms with Crippen LogP contribution < -0.4 is 89.4 Å². The van der Waals surface area contributed by atoms with Gasteiger partial charge in [-0.3, -0.25) is 9.59 Å². The van der Waals surface area contributed by atoms with Crippen LogP contribution in [0, 0.1) is 0 Å². The molecular formula is C38H48B2N8Na2O14. The van der Waals surface area contributed by atoms with Gasteiger partial charge in [0.15, 0.2) is 0 Å². The van der Waals surface area contributed by atoms with Crippen molar-refractivity contribution in [3.63, 3.8) is 0 Å². The van der Waals surface area contributed by atoms with E-state index < -0.39 is 25.4 Å². The van der Waals surface area contributed by atoms with Gasteiger partial charge in [-0.2, -0.15) is 0 Å². The third kappa shape index (κ3) is 12.2. The van der Waals surface area contributed by atoms with Gasteiger partial charge >= 0.3 is 84.6 Å². The standard InChI is InChI=1S/2C19H24BN4O7.2Na/c2*21-6-4-13-7-23(11-22-13)10-16(25)24-8-14(9-24)30-15-2-1-12-3-5-20(28,29)31-18(12)17(15)19(26)27;;/h2*1-2,7,11,14,28-29H,3-6,8-10,21H2,(H,26,27);;/q2*-1;2*+1. The Hall–Kier alpha value is -4.17. The number of aromatic carboxylic acids is 2. The fourth-order valence-corrected chi connectivity index (χ4v) is 7.51. The SMILES string of the molecule is NCCc1cn(CC(=O)N2CC(Oc3ccc4c(c3C(=O)O)O[B-](O)(O)CC4)C2)cn1.NCCc1cn(CC(=O)N2CC(Oc3ccc4c(c3C(=O)O)O[B-](O)(O)CC4)C2)cn1.[Na+].[Na+]. The van der Waals surface area contributed by atoms with E-state index in [1.54, 1.807) is 56.1 Å². The van der Waals surface area contributed by atoms with Crippen molar-refractivity contribution >= 4 is 37.3 Å². The van der Waals surface area contributed by atoms with Crippen molar-refractivity contribution in [3.8, 4) is 23.0 Å². The first-order chi connectivity index (χ1) is 29.5. The number of carboxylic acid groups (broad SMARTS) is 2. The van der Waals surface area contributed by atoms with Gasteiger partial charge in [-0.05, 0) is 49.2 Å². The van der Waals surface area contributed by atoms with Crippen LogP contribution in [0.1, 0.15) is 43.2 Å². The van der Waals surface area contributed by atoms with Crippen LogP contribution in [0.5, 0.6) is 23.0 Å². The average molecular weight is 908 g/mol. The van der Waals surface area contributed by atoms with Crippen molar-refractivity contribution in [2.45, 2.75) is 63.6 Å². The van der Waals surface area contributed by atoms with Crippen molar-refractivity contribution in [1.82, 2.24) is 28.9 Å². The molecule has 10 N–H and O–H groups in total. The number of likely N-dealkylation sites (tertiary alicyclic amines) is 2. The van der Waals surface area contributed by atoms with Crippen LogP contribution in [0.2, 0.25) is 12.6 Å². The molecule has 0 radical (unpaired) electrons. The number of carbonyl (C=O) groups excluding carboxylic acids is 2. The van der Waals surface area contributed by atoms with E-state index in [1.807, 2.05) is 0 Å². The van der Waals surface area contributed by atoms with Crippen LogP contribution >= 0.6 is 0 Å². The molecule has 4 aliphatic heterocycles. The Morgan fingerprint density at radius 2 is 1.03 bits per heavy atom. The molecule has 8 rings (SSSR count). The Kier molecular flexibility index (Phi) is 17.0. The maximum atomic E-state index is 12.4. The number of aryl methyl sites for hydroxylation is 2. The van der Waals surface area contributed by atoms with Crippen molar-refractivity contribution in [2.75, 3.05) is 39.3 Å². The van der Waals surface area contributed by atoms with Crippen LogP contribution in [-0.2, 0) is 48.4 Å². The van der Waals surface area contributed by atoms with E-state index in [2.05, 4.69) is 9.97 Å². The van der Waals surface area contributed by atoms with Gasteiger partial charge in [0, 0.05) is 25.2 Å². The minimum atomic E-state index is -3.10. The molecule has 4 aromatic rings. The molecule has 332 valence electrons. The molecule has 0 bridgehead atoms. The van der Waals surface area contributed by atoms with Gasteiger partial charge in [0.1, 0.15) is 47.9 Å². The van der Waals surface area contributed by atoms with Crippen molar-refractivity contribution in [1.29, 1.82) is 0 Å². The summed E-state index contributed by atoms with van der Waals surface area (Å²) in [5.41, 5.74) is 13.3. The van der Waals surface area contributed by atoms with Gasteiger partial charge < -0.3 is 79.5 Å². The minimum absolute atomic E-state index is 0. The van der Waals surface area contributed by atoms with Crippen LogP contribution in [-0.4, -0.2) is 148 Å². The summed E-state index contributed by atoms with van der Waals surface area (Å²) in [6.45, 7) is -3.68. The number of rotatable bonds is 14. The monoisotopic (exact) mass is 908 g/mol. The van der Waals surface area contributed by atoms with E-state index in [4.69, 9.17) is 30.2 Å². The van der Waals surface area contributed by atoms with E-state index in [9.17, 15) is 49.5 Å². The minimum Gasteiger partial charge on any atom is -0.669 e. The molecule has 2 fully saturated rings. The fraction of sp³-hybridized carbons (Fsp3) is 0.421. The second-order valence-corrected chi connectivity index (χ2v) is 15.7. The zero-order chi connectivity index (χ0) is 44.3. The molecule has 2 saturated heterocycles. The Bertz CT molecular complexity index is 2180. The van der Waals surface area contributed by atoms with E-state index in [0.29, 0.717) is 63.2 Å². The topological polar surface area (TPSA) is 321 Å². The largest absolute Gasteiger partial charge is 1.00 e. The summed E-state index contributed by atoms with van der Waals surface area (Å²) >= 11 is 0. The molecule has 0 spiro atoms. The number of ether oxygens (including phenoxy) is 2. The average Bonchev–Trinajstić information content (AvgIpc) is 3.81. The van der Waals surface area contributed by atoms with Crippen LogP contribution in [0.15, 0.2) is 49.3 Å². The predicted molar refractivity (Wildman–Crippen MR) is 217 cm³/mol. The smallest absolute Gasteiger partial charge is 0.669 e. The predicted octanol–water partition coefficient (Wildman–Crippen LogP) is -7.53. The molecule has 0 saturated carbocycles. The van der Waals surface area contributed by atoms with E-state index in [-0.39, 0.29) is 156 Å². The molecule has 6 heterocycles. The molecule has 0 unspecified atom stereocenters. The third-order valence-corrected chi connectivity index (χ3v) is 10.8. The zero-order valence-corrected chi connectivity index (χ0v) is 39.6. The number of nitrogens with two attached hydrogens (primary N) is 2. The van der Waals surface area contributed by atoms with Gasteiger partial charge in [-0.15, -0.1) is 0 Å². The summed E-state index contributed by atoms with van der Waals surface area (Å²) in [6, 6.07) is 6.38. The van der Waals surface area contributed by atoms with Gasteiger partial charge in [0.05, 0.1) is 61.7 Å². The Labute approximate surface area is 411 Å². The quantitative estimate of drug-likeness (QED) is 0.0545. The molecule has 22 nitrogen and oxygen atoms in total. The fourth-order valence-electron chi connectivity index (χ4n) is 7.51. The molecule has 0 atom stereocenters. The molecule has 64 heavy (non-hydrogen) atoms. The van der Waals surface area contributed by atoms with Gasteiger partial charge in [-0.25, -0.2) is 19.6 Å². The van der Waals surface area contributed by atoms with Crippen LogP contribution in [0.25, 0.3) is 0 Å². The summed E-state index contributed by atoms with van der Waals surface area (Å²) in [5.74, 6) is -2.81. The first-order valence-corrected chi connectivity index (χ1v) is 20.2. The molecule has 0 aliphatic carbocycles. The Balaban J connectivity index is 0.000000234. The van der Waals surface area contributed by atoms with Crippen molar-refractivity contribution < 1.29 is 127 Å². The van der Waals surface area contributed by atoms with Gasteiger partial charge in [-0.1, -0.05) is 24.8 Å². The second-order valence-electron chi connectivity index (χ2n) is 15.7. The molecule has 2 aromatic carbocycles. The maximum absolute atomic E-state index is 12.4. The second kappa shape index (κ2) is 21.4. The Morgan fingerprint density at radius 3 is 1.38 bits per heavy atom. The molecule has 2 amide bonds. The van der Waals surface area contributed by atoms with Gasteiger partial charge in [0.2, 0.25) is 11.8 Å². The number of aromatic nitrogens is 4. The normalized spacial score (nSPS) is 16.9. The summed E-state index contributed by atoms with van der Waals surface area (Å²) in [6.07, 6.45) is 7.86. The van der Waals surface area contributed by atoms with Gasteiger partial charge in [0.25, 0.3) is 0 Å². The van der Waals surface area contributed by atoms with E-state index in [0.717, 1.165) is 11.4 Å². The van der Waals surface area contributed by atoms with Crippen molar-refractivity contribution in [3.05, 3.63) is 83.0 Å². The number of nitrogens with zero attached hydrogens (tertiary/aromatic N) is 6. The molecule has 26 heteroatoms. The van der Waals surface area contributed by atoms with E-state index in [1.165, 1.54) is 12.1 Å².